The van der Waals surface area contributed by atoms with Gasteiger partial charge in [-0.25, -0.2) is 9.79 Å². The van der Waals surface area contributed by atoms with Crippen LogP contribution in [0, 0.1) is 6.92 Å². The summed E-state index contributed by atoms with van der Waals surface area (Å²) in [7, 11) is 1.54. The summed E-state index contributed by atoms with van der Waals surface area (Å²) >= 11 is 2.75. The molecule has 0 unspecified atom stereocenters. The van der Waals surface area contributed by atoms with Gasteiger partial charge in [0.1, 0.15) is 24.2 Å². The van der Waals surface area contributed by atoms with Gasteiger partial charge in [0.25, 0.3) is 5.56 Å². The SMILES string of the molecule is COCCOC(=O)C1=C(C)N=c2s/c(=C\c3ccc(C)o3)c(=O)n2[C@@H]1c1cccs1. The lowest BCUT2D eigenvalue weighted by molar-refractivity contribution is -0.140. The van der Waals surface area contributed by atoms with Crippen LogP contribution in [-0.2, 0) is 14.3 Å². The van der Waals surface area contributed by atoms with E-state index in [1.165, 1.54) is 22.7 Å². The summed E-state index contributed by atoms with van der Waals surface area (Å²) in [6, 6.07) is 6.87. The number of fused-ring (bicyclic) bond motifs is 1. The number of thiazole rings is 1. The van der Waals surface area contributed by atoms with Crippen LogP contribution in [0.25, 0.3) is 6.08 Å². The summed E-state index contributed by atoms with van der Waals surface area (Å²) < 4.78 is 18.0. The molecule has 1 aliphatic rings. The van der Waals surface area contributed by atoms with Gasteiger partial charge in [-0.3, -0.25) is 9.36 Å². The van der Waals surface area contributed by atoms with E-state index in [0.29, 0.717) is 33.0 Å². The van der Waals surface area contributed by atoms with E-state index in [9.17, 15) is 9.59 Å². The van der Waals surface area contributed by atoms with E-state index in [1.54, 1.807) is 24.7 Å². The van der Waals surface area contributed by atoms with Crippen molar-refractivity contribution in [2.45, 2.75) is 19.9 Å². The quantitative estimate of drug-likeness (QED) is 0.431. The average Bonchev–Trinajstić information content (AvgIpc) is 3.43. The molecule has 156 valence electrons. The van der Waals surface area contributed by atoms with Crippen LogP contribution in [0.5, 0.6) is 0 Å². The predicted molar refractivity (Wildman–Crippen MR) is 114 cm³/mol. The molecule has 0 radical (unpaired) electrons. The molecule has 3 aromatic rings. The van der Waals surface area contributed by atoms with Crippen LogP contribution in [0.4, 0.5) is 0 Å². The smallest absolute Gasteiger partial charge is 0.338 e. The Balaban J connectivity index is 1.85. The van der Waals surface area contributed by atoms with Crippen molar-refractivity contribution >= 4 is 34.7 Å². The first-order valence-corrected chi connectivity index (χ1v) is 11.0. The second-order valence-corrected chi connectivity index (χ2v) is 8.66. The minimum atomic E-state index is -0.586. The van der Waals surface area contributed by atoms with Crippen molar-refractivity contribution in [2.24, 2.45) is 4.99 Å². The number of hydrogen-bond donors (Lipinski definition) is 0. The lowest BCUT2D eigenvalue weighted by Crippen LogP contribution is -2.39. The molecule has 4 heterocycles. The maximum atomic E-state index is 13.3. The highest BCUT2D eigenvalue weighted by atomic mass is 32.1. The number of carbonyl (C=O) groups excluding carboxylic acids is 1. The van der Waals surface area contributed by atoms with E-state index >= 15 is 0 Å². The van der Waals surface area contributed by atoms with Crippen molar-refractivity contribution in [3.8, 4) is 0 Å². The van der Waals surface area contributed by atoms with Crippen LogP contribution in [-0.4, -0.2) is 30.9 Å². The van der Waals surface area contributed by atoms with Gasteiger partial charge in [-0.05, 0) is 37.4 Å². The maximum absolute atomic E-state index is 13.3. The summed E-state index contributed by atoms with van der Waals surface area (Å²) in [5.74, 6) is 0.866. The van der Waals surface area contributed by atoms with Crippen molar-refractivity contribution in [3.63, 3.8) is 0 Å². The van der Waals surface area contributed by atoms with E-state index in [2.05, 4.69) is 4.99 Å². The van der Waals surface area contributed by atoms with Crippen LogP contribution >= 0.6 is 22.7 Å². The molecular weight excluding hydrogens is 424 g/mol. The fourth-order valence-electron chi connectivity index (χ4n) is 3.25. The molecule has 7 nitrogen and oxygen atoms in total. The molecule has 4 rings (SSSR count). The van der Waals surface area contributed by atoms with E-state index in [4.69, 9.17) is 13.9 Å². The fraction of sp³-hybridized carbons (Fsp3) is 0.286. The van der Waals surface area contributed by atoms with E-state index in [0.717, 1.165) is 10.6 Å². The number of thiophene rings is 1. The minimum Gasteiger partial charge on any atom is -0.462 e. The highest BCUT2D eigenvalue weighted by Crippen LogP contribution is 2.33. The molecular formula is C21H20N2O5S2. The van der Waals surface area contributed by atoms with Crippen LogP contribution < -0.4 is 14.9 Å². The summed E-state index contributed by atoms with van der Waals surface area (Å²) in [6.45, 7) is 4.04. The lowest BCUT2D eigenvalue weighted by Gasteiger charge is -2.23. The Hall–Kier alpha value is -2.75. The van der Waals surface area contributed by atoms with Gasteiger partial charge in [0, 0.05) is 18.1 Å². The summed E-state index contributed by atoms with van der Waals surface area (Å²) in [6.07, 6.45) is 1.71. The van der Waals surface area contributed by atoms with Gasteiger partial charge in [-0.15, -0.1) is 11.3 Å². The first kappa shape index (κ1) is 20.5. The van der Waals surface area contributed by atoms with Crippen molar-refractivity contribution in [1.82, 2.24) is 4.57 Å². The number of nitrogens with zero attached hydrogens (tertiary/aromatic N) is 2. The van der Waals surface area contributed by atoms with Gasteiger partial charge in [0.15, 0.2) is 4.80 Å². The molecule has 0 aromatic carbocycles. The van der Waals surface area contributed by atoms with Crippen molar-refractivity contribution in [3.05, 3.63) is 77.0 Å². The number of ether oxygens (including phenoxy) is 2. The van der Waals surface area contributed by atoms with Crippen molar-refractivity contribution < 1.29 is 18.7 Å². The number of rotatable bonds is 6. The largest absolute Gasteiger partial charge is 0.462 e. The topological polar surface area (TPSA) is 83.0 Å². The second-order valence-electron chi connectivity index (χ2n) is 6.67. The van der Waals surface area contributed by atoms with Crippen molar-refractivity contribution in [1.29, 1.82) is 0 Å². The zero-order chi connectivity index (χ0) is 21.3. The Morgan fingerprint density at radius 3 is 2.80 bits per heavy atom. The molecule has 0 fully saturated rings. The van der Waals surface area contributed by atoms with Crippen LogP contribution in [0.1, 0.15) is 29.4 Å². The Morgan fingerprint density at radius 1 is 1.30 bits per heavy atom. The Kier molecular flexibility index (Phi) is 5.85. The molecule has 0 N–H and O–H groups in total. The standard InChI is InChI=1S/C21H20N2O5S2/c1-12-6-7-14(28-12)11-16-19(24)23-18(15-5-4-10-29-15)17(13(2)22-21(23)30-16)20(25)27-9-8-26-3/h4-7,10-11,18H,8-9H2,1-3H3/b16-11-/t18-/m1/s1. The fourth-order valence-corrected chi connectivity index (χ4v) is 5.10. The molecule has 1 atom stereocenters. The third-order valence-corrected chi connectivity index (χ3v) is 6.52. The first-order chi connectivity index (χ1) is 14.5. The highest BCUT2D eigenvalue weighted by molar-refractivity contribution is 7.10. The zero-order valence-corrected chi connectivity index (χ0v) is 18.3. The zero-order valence-electron chi connectivity index (χ0n) is 16.7. The van der Waals surface area contributed by atoms with Gasteiger partial charge in [-0.1, -0.05) is 17.4 Å². The maximum Gasteiger partial charge on any atom is 0.338 e. The van der Waals surface area contributed by atoms with Crippen LogP contribution in [0.15, 0.2) is 55.1 Å². The number of allylic oxidation sites excluding steroid dienone is 1. The van der Waals surface area contributed by atoms with Gasteiger partial charge >= 0.3 is 5.97 Å². The normalized spacial score (nSPS) is 16.5. The Labute approximate surface area is 180 Å². The van der Waals surface area contributed by atoms with Crippen LogP contribution in [0.2, 0.25) is 0 Å². The van der Waals surface area contributed by atoms with E-state index in [-0.39, 0.29) is 12.2 Å². The number of aromatic nitrogens is 1. The Morgan fingerprint density at radius 2 is 2.13 bits per heavy atom. The number of carbonyl (C=O) groups is 1. The molecule has 0 saturated carbocycles. The molecule has 9 heteroatoms. The molecule has 30 heavy (non-hydrogen) atoms. The van der Waals surface area contributed by atoms with Gasteiger partial charge in [0.05, 0.1) is 22.4 Å². The number of esters is 1. The molecule has 0 bridgehead atoms. The van der Waals surface area contributed by atoms with Crippen LogP contribution in [0.3, 0.4) is 0 Å². The summed E-state index contributed by atoms with van der Waals surface area (Å²) in [5, 5.41) is 1.92. The average molecular weight is 445 g/mol. The molecule has 0 amide bonds. The number of methoxy groups -OCH3 is 1. The highest BCUT2D eigenvalue weighted by Gasteiger charge is 2.34. The number of hydrogen-bond acceptors (Lipinski definition) is 8. The summed E-state index contributed by atoms with van der Waals surface area (Å²) in [4.78, 5) is 32.2. The molecule has 0 spiro atoms. The molecule has 3 aromatic heterocycles. The van der Waals surface area contributed by atoms with Gasteiger partial charge < -0.3 is 13.9 Å². The molecule has 1 aliphatic heterocycles. The monoisotopic (exact) mass is 444 g/mol. The third-order valence-electron chi connectivity index (χ3n) is 4.61. The van der Waals surface area contributed by atoms with E-state index in [1.807, 2.05) is 36.6 Å². The first-order valence-electron chi connectivity index (χ1n) is 9.28. The number of aryl methyl sites for hydroxylation is 1. The lowest BCUT2D eigenvalue weighted by atomic mass is 10.0. The minimum absolute atomic E-state index is 0.130. The third kappa shape index (κ3) is 3.83. The molecule has 0 aliphatic carbocycles. The van der Waals surface area contributed by atoms with E-state index < -0.39 is 12.0 Å². The van der Waals surface area contributed by atoms with Crippen molar-refractivity contribution in [2.75, 3.05) is 20.3 Å². The number of furan rings is 1. The second kappa shape index (κ2) is 8.55. The molecule has 0 saturated heterocycles. The van der Waals surface area contributed by atoms with Gasteiger partial charge in [0.2, 0.25) is 0 Å². The predicted octanol–water partition coefficient (Wildman–Crippen LogP) is 2.39. The Bertz CT molecular complexity index is 1280. The summed E-state index contributed by atoms with van der Waals surface area (Å²) in [5.41, 5.74) is 0.680. The van der Waals surface area contributed by atoms with Gasteiger partial charge in [-0.2, -0.15) is 0 Å².